The molecule has 0 fully saturated rings. The van der Waals surface area contributed by atoms with Crippen molar-refractivity contribution in [3.63, 3.8) is 0 Å². The normalized spacial score (nSPS) is 17.6. The van der Waals surface area contributed by atoms with Crippen LogP contribution in [0.25, 0.3) is 0 Å². The number of aromatic nitrogens is 3. The highest BCUT2D eigenvalue weighted by atomic mass is 19.4. The van der Waals surface area contributed by atoms with Crippen LogP contribution in [0, 0.1) is 0 Å². The van der Waals surface area contributed by atoms with Gasteiger partial charge in [0.05, 0.1) is 26.5 Å². The number of hydrogen-bond acceptors (Lipinski definition) is 6. The summed E-state index contributed by atoms with van der Waals surface area (Å²) in [6.07, 6.45) is -0.504. The lowest BCUT2D eigenvalue weighted by Gasteiger charge is -2.34. The molecule has 8 nitrogen and oxygen atoms in total. The first-order valence-corrected chi connectivity index (χ1v) is 10.1. The molecule has 2 aromatic heterocycles. The number of hydrogen-bond donors (Lipinski definition) is 2. The number of pyridine rings is 1. The fourth-order valence-corrected chi connectivity index (χ4v) is 3.80. The maximum atomic E-state index is 13.9. The van der Waals surface area contributed by atoms with E-state index in [0.717, 1.165) is 16.4 Å². The fourth-order valence-electron chi connectivity index (χ4n) is 3.80. The molecule has 3 heterocycles. The average molecular weight is 461 g/mol. The van der Waals surface area contributed by atoms with Crippen molar-refractivity contribution in [2.75, 3.05) is 19.5 Å². The maximum Gasteiger partial charge on any atom is 0.410 e. The summed E-state index contributed by atoms with van der Waals surface area (Å²) in [5.41, 5.74) is 1.35. The summed E-state index contributed by atoms with van der Waals surface area (Å²) in [6.45, 7) is 0.180. The number of benzene rings is 1. The standard InChI is InChI=1S/C22H22F3N5O3/c1-32-17-6-5-14(8-18(17)33-2)16-9-19(22(23,24)25)30-20(29-16)15(12-28-30)21(31)27-11-13-4-3-7-26-10-13/h3-8,10,12,16,19,29H,9,11H2,1-2H3,(H,27,31)/t16-,19+/m1/s1. The molecule has 1 aliphatic rings. The molecule has 1 aromatic carbocycles. The molecule has 0 bridgehead atoms. The van der Waals surface area contributed by atoms with Gasteiger partial charge in [0.25, 0.3) is 5.91 Å². The van der Waals surface area contributed by atoms with E-state index in [1.165, 1.54) is 14.2 Å². The summed E-state index contributed by atoms with van der Waals surface area (Å²) in [5, 5.41) is 9.65. The van der Waals surface area contributed by atoms with Gasteiger partial charge in [0.1, 0.15) is 11.4 Å². The van der Waals surface area contributed by atoms with Crippen molar-refractivity contribution in [1.82, 2.24) is 20.1 Å². The van der Waals surface area contributed by atoms with Crippen LogP contribution >= 0.6 is 0 Å². The molecule has 0 saturated heterocycles. The van der Waals surface area contributed by atoms with Gasteiger partial charge in [-0.1, -0.05) is 12.1 Å². The third kappa shape index (κ3) is 4.57. The van der Waals surface area contributed by atoms with Gasteiger partial charge >= 0.3 is 6.18 Å². The van der Waals surface area contributed by atoms with Gasteiger partial charge in [-0.2, -0.15) is 18.3 Å². The highest BCUT2D eigenvalue weighted by Crippen LogP contribution is 2.45. The average Bonchev–Trinajstić information content (AvgIpc) is 3.25. The molecule has 0 spiro atoms. The van der Waals surface area contributed by atoms with Gasteiger partial charge in [-0.15, -0.1) is 0 Å². The van der Waals surface area contributed by atoms with Crippen LogP contribution in [0.3, 0.4) is 0 Å². The molecule has 1 amide bonds. The van der Waals surface area contributed by atoms with E-state index in [1.807, 2.05) is 0 Å². The molecule has 1 aliphatic heterocycles. The molecular weight excluding hydrogens is 439 g/mol. The molecule has 0 saturated carbocycles. The molecule has 0 aliphatic carbocycles. The minimum atomic E-state index is -4.55. The molecule has 3 aromatic rings. The van der Waals surface area contributed by atoms with Crippen molar-refractivity contribution in [2.24, 2.45) is 0 Å². The van der Waals surface area contributed by atoms with E-state index >= 15 is 0 Å². The molecule has 174 valence electrons. The van der Waals surface area contributed by atoms with Crippen LogP contribution in [0.4, 0.5) is 19.0 Å². The maximum absolute atomic E-state index is 13.9. The Hall–Kier alpha value is -3.76. The second-order valence-corrected chi connectivity index (χ2v) is 7.50. The number of carbonyl (C=O) groups excluding carboxylic acids is 1. The van der Waals surface area contributed by atoms with E-state index < -0.39 is 24.2 Å². The van der Waals surface area contributed by atoms with Crippen LogP contribution in [0.15, 0.2) is 48.9 Å². The summed E-state index contributed by atoms with van der Waals surface area (Å²) in [7, 11) is 2.93. The van der Waals surface area contributed by atoms with Gasteiger partial charge in [-0.25, -0.2) is 4.68 Å². The Morgan fingerprint density at radius 3 is 2.67 bits per heavy atom. The topological polar surface area (TPSA) is 90.3 Å². The molecule has 0 unspecified atom stereocenters. The molecule has 11 heteroatoms. The van der Waals surface area contributed by atoms with Crippen molar-refractivity contribution >= 4 is 11.7 Å². The monoisotopic (exact) mass is 461 g/mol. The van der Waals surface area contributed by atoms with Gasteiger partial charge in [-0.05, 0) is 29.3 Å². The summed E-state index contributed by atoms with van der Waals surface area (Å²) < 4.78 is 53.1. The van der Waals surface area contributed by atoms with Crippen molar-refractivity contribution in [3.05, 3.63) is 65.6 Å². The zero-order valence-corrected chi connectivity index (χ0v) is 17.9. The lowest BCUT2D eigenvalue weighted by Crippen LogP contribution is -2.36. The molecule has 4 rings (SSSR count). The van der Waals surface area contributed by atoms with Crippen LogP contribution in [-0.2, 0) is 6.54 Å². The number of alkyl halides is 3. The van der Waals surface area contributed by atoms with E-state index in [0.29, 0.717) is 17.1 Å². The highest BCUT2D eigenvalue weighted by Gasteiger charge is 2.47. The van der Waals surface area contributed by atoms with Crippen molar-refractivity contribution < 1.29 is 27.4 Å². The van der Waals surface area contributed by atoms with E-state index in [4.69, 9.17) is 9.47 Å². The number of carbonyl (C=O) groups is 1. The predicted octanol–water partition coefficient (Wildman–Crippen LogP) is 3.89. The summed E-state index contributed by atoms with van der Waals surface area (Å²) in [5.74, 6) is 0.326. The van der Waals surface area contributed by atoms with Crippen molar-refractivity contribution in [3.8, 4) is 11.5 Å². The summed E-state index contributed by atoms with van der Waals surface area (Å²) >= 11 is 0. The molecular formula is C22H22F3N5O3. The quantitative estimate of drug-likeness (QED) is 0.579. The first-order valence-electron chi connectivity index (χ1n) is 10.1. The number of methoxy groups -OCH3 is 2. The SMILES string of the molecule is COc1ccc([C@H]2C[C@@H](C(F)(F)F)n3ncc(C(=O)NCc4cccnc4)c3N2)cc1OC. The second kappa shape index (κ2) is 9.00. The first kappa shape index (κ1) is 22.4. The number of amides is 1. The van der Waals surface area contributed by atoms with E-state index in [2.05, 4.69) is 20.7 Å². The number of anilines is 1. The third-order valence-electron chi connectivity index (χ3n) is 5.47. The molecule has 0 radical (unpaired) electrons. The molecule has 33 heavy (non-hydrogen) atoms. The number of nitrogens with zero attached hydrogens (tertiary/aromatic N) is 3. The number of ether oxygens (including phenoxy) is 2. The van der Waals surface area contributed by atoms with Crippen LogP contribution in [0.2, 0.25) is 0 Å². The Labute approximate surface area is 187 Å². The first-order chi connectivity index (χ1) is 15.8. The van der Waals surface area contributed by atoms with Crippen molar-refractivity contribution in [1.29, 1.82) is 0 Å². The largest absolute Gasteiger partial charge is 0.493 e. The lowest BCUT2D eigenvalue weighted by atomic mass is 9.96. The number of halogens is 3. The van der Waals surface area contributed by atoms with Crippen LogP contribution in [0.5, 0.6) is 11.5 Å². The van der Waals surface area contributed by atoms with E-state index in [9.17, 15) is 18.0 Å². The highest BCUT2D eigenvalue weighted by molar-refractivity contribution is 5.98. The van der Waals surface area contributed by atoms with Gasteiger partial charge in [0.15, 0.2) is 17.5 Å². The molecule has 2 N–H and O–H groups in total. The van der Waals surface area contributed by atoms with Gasteiger partial charge in [0, 0.05) is 25.4 Å². The van der Waals surface area contributed by atoms with Gasteiger partial charge in [0.2, 0.25) is 0 Å². The summed E-state index contributed by atoms with van der Waals surface area (Å²) in [4.78, 5) is 16.8. The van der Waals surface area contributed by atoms with Crippen LogP contribution in [0.1, 0.15) is 40.0 Å². The minimum absolute atomic E-state index is 0.00652. The minimum Gasteiger partial charge on any atom is -0.493 e. The van der Waals surface area contributed by atoms with E-state index in [1.54, 1.807) is 42.7 Å². The Bertz CT molecular complexity index is 1130. The number of nitrogens with one attached hydrogen (secondary N) is 2. The zero-order valence-electron chi connectivity index (χ0n) is 17.9. The number of fused-ring (bicyclic) bond motifs is 1. The Kier molecular flexibility index (Phi) is 6.12. The zero-order chi connectivity index (χ0) is 23.6. The Morgan fingerprint density at radius 2 is 2.00 bits per heavy atom. The smallest absolute Gasteiger partial charge is 0.410 e. The predicted molar refractivity (Wildman–Crippen MR) is 113 cm³/mol. The number of rotatable bonds is 6. The van der Waals surface area contributed by atoms with Crippen LogP contribution in [-0.4, -0.2) is 41.1 Å². The second-order valence-electron chi connectivity index (χ2n) is 7.50. The van der Waals surface area contributed by atoms with Crippen molar-refractivity contribution in [2.45, 2.75) is 31.2 Å². The van der Waals surface area contributed by atoms with Gasteiger partial charge < -0.3 is 20.1 Å². The fraction of sp³-hybridized carbons (Fsp3) is 0.318. The third-order valence-corrected chi connectivity index (χ3v) is 5.47. The van der Waals surface area contributed by atoms with Gasteiger partial charge in [-0.3, -0.25) is 9.78 Å². The Balaban J connectivity index is 1.64. The Morgan fingerprint density at radius 1 is 1.21 bits per heavy atom. The van der Waals surface area contributed by atoms with E-state index in [-0.39, 0.29) is 24.3 Å². The summed E-state index contributed by atoms with van der Waals surface area (Å²) in [6, 6.07) is 5.81. The van der Waals surface area contributed by atoms with Crippen LogP contribution < -0.4 is 20.1 Å². The molecule has 2 atom stereocenters. The lowest BCUT2D eigenvalue weighted by molar-refractivity contribution is -0.173.